The first-order valence-electron chi connectivity index (χ1n) is 11.0. The lowest BCUT2D eigenvalue weighted by atomic mass is 10.1. The number of ether oxygens (including phenoxy) is 2. The number of benzene rings is 2. The van der Waals surface area contributed by atoms with Crippen molar-refractivity contribution in [2.24, 2.45) is 0 Å². The number of rotatable bonds is 10. The fraction of sp³-hybridized carbons (Fsp3) is 0.296. The average molecular weight is 416 g/mol. The first-order chi connectivity index (χ1) is 15.3. The van der Waals surface area contributed by atoms with E-state index in [1.807, 2.05) is 0 Å². The molecule has 4 rings (SSSR count). The lowest BCUT2D eigenvalue weighted by molar-refractivity contribution is -0.697. The maximum Gasteiger partial charge on any atom is 0.169 e. The minimum Gasteiger partial charge on any atom is -0.382 e. The molecule has 4 heteroatoms. The number of aromatic nitrogens is 2. The van der Waals surface area contributed by atoms with E-state index in [1.165, 1.54) is 32.9 Å². The summed E-state index contributed by atoms with van der Waals surface area (Å²) in [6.45, 7) is 6.00. The molecule has 0 saturated carbocycles. The van der Waals surface area contributed by atoms with E-state index in [1.54, 1.807) is 7.11 Å². The van der Waals surface area contributed by atoms with E-state index >= 15 is 0 Å². The van der Waals surface area contributed by atoms with Crippen LogP contribution in [0.3, 0.4) is 0 Å². The van der Waals surface area contributed by atoms with Crippen molar-refractivity contribution in [3.63, 3.8) is 0 Å². The summed E-state index contributed by atoms with van der Waals surface area (Å²) in [6, 6.07) is 19.7. The van der Waals surface area contributed by atoms with Crippen molar-refractivity contribution in [2.75, 3.05) is 26.9 Å². The molecule has 0 fully saturated rings. The summed E-state index contributed by atoms with van der Waals surface area (Å²) in [5, 5.41) is 2.56. The fourth-order valence-electron chi connectivity index (χ4n) is 4.00. The van der Waals surface area contributed by atoms with Gasteiger partial charge >= 0.3 is 0 Å². The molecule has 0 amide bonds. The molecule has 0 aliphatic carbocycles. The van der Waals surface area contributed by atoms with Crippen molar-refractivity contribution in [1.29, 1.82) is 0 Å². The molecular weight excluding hydrogens is 384 g/mol. The van der Waals surface area contributed by atoms with Crippen LogP contribution in [0.2, 0.25) is 0 Å². The number of methoxy groups -OCH3 is 1. The maximum absolute atomic E-state index is 5.72. The Morgan fingerprint density at radius 2 is 1.61 bits per heavy atom. The number of aryl methyl sites for hydroxylation is 1. The zero-order valence-electron chi connectivity index (χ0n) is 18.5. The standard InChI is InChI=1S/C27H31N2O2/c1-3-14-28-15-12-22(13-16-28)8-9-23-10-11-27-25(21-23)24-6-4-5-7-26(24)29(27)17-18-31-20-19-30-2/h4-13,15-16,21H,3,14,17-20H2,1-2H3/q+1. The summed E-state index contributed by atoms with van der Waals surface area (Å²) in [7, 11) is 1.70. The molecule has 0 aliphatic rings. The van der Waals surface area contributed by atoms with Gasteiger partial charge in [0.05, 0.1) is 19.8 Å². The molecule has 2 aromatic carbocycles. The lowest BCUT2D eigenvalue weighted by Gasteiger charge is -2.08. The Morgan fingerprint density at radius 3 is 2.42 bits per heavy atom. The second-order valence-electron chi connectivity index (χ2n) is 7.75. The Balaban J connectivity index is 1.59. The summed E-state index contributed by atoms with van der Waals surface area (Å²) >= 11 is 0. The van der Waals surface area contributed by atoms with Crippen LogP contribution in [-0.2, 0) is 22.6 Å². The number of hydrogen-bond acceptors (Lipinski definition) is 2. The predicted molar refractivity (Wildman–Crippen MR) is 128 cm³/mol. The van der Waals surface area contributed by atoms with E-state index in [4.69, 9.17) is 9.47 Å². The van der Waals surface area contributed by atoms with E-state index in [2.05, 4.69) is 95.2 Å². The van der Waals surface area contributed by atoms with Gasteiger partial charge in [-0.3, -0.25) is 0 Å². The molecule has 0 N–H and O–H groups in total. The zero-order chi connectivity index (χ0) is 21.5. The molecule has 0 radical (unpaired) electrons. The van der Waals surface area contributed by atoms with Crippen molar-refractivity contribution in [1.82, 2.24) is 4.57 Å². The fourth-order valence-corrected chi connectivity index (χ4v) is 4.00. The molecule has 4 aromatic rings. The number of para-hydroxylation sites is 1. The van der Waals surface area contributed by atoms with Gasteiger partial charge in [0.25, 0.3) is 0 Å². The molecular formula is C27H31N2O2+. The third kappa shape index (κ3) is 5.04. The van der Waals surface area contributed by atoms with Gasteiger partial charge in [0, 0.05) is 54.0 Å². The molecule has 0 saturated heterocycles. The summed E-state index contributed by atoms with van der Waals surface area (Å²) in [5.74, 6) is 0. The molecule has 0 spiro atoms. The van der Waals surface area contributed by atoms with Gasteiger partial charge in [-0.05, 0) is 29.3 Å². The molecule has 0 unspecified atom stereocenters. The highest BCUT2D eigenvalue weighted by molar-refractivity contribution is 6.08. The predicted octanol–water partition coefficient (Wildman–Crippen LogP) is 5.33. The van der Waals surface area contributed by atoms with Crippen LogP contribution < -0.4 is 4.57 Å². The van der Waals surface area contributed by atoms with Crippen LogP contribution in [0.1, 0.15) is 24.5 Å². The summed E-state index contributed by atoms with van der Waals surface area (Å²) < 4.78 is 15.4. The Morgan fingerprint density at radius 1 is 0.839 bits per heavy atom. The number of hydrogen-bond donors (Lipinski definition) is 0. The molecule has 31 heavy (non-hydrogen) atoms. The van der Waals surface area contributed by atoms with E-state index in [9.17, 15) is 0 Å². The molecule has 0 aliphatic heterocycles. The van der Waals surface area contributed by atoms with E-state index in [-0.39, 0.29) is 0 Å². The third-order valence-corrected chi connectivity index (χ3v) is 5.55. The minimum absolute atomic E-state index is 0.626. The number of pyridine rings is 1. The highest BCUT2D eigenvalue weighted by atomic mass is 16.5. The van der Waals surface area contributed by atoms with Crippen molar-refractivity contribution in [3.05, 3.63) is 78.1 Å². The van der Waals surface area contributed by atoms with Crippen LogP contribution in [-0.4, -0.2) is 31.5 Å². The van der Waals surface area contributed by atoms with Crippen LogP contribution in [0.4, 0.5) is 0 Å². The SMILES string of the molecule is CCC[n+]1ccc(/C=C/c2ccc3c(c2)c2ccccc2n3CCOCCOC)cc1. The van der Waals surface area contributed by atoms with E-state index < -0.39 is 0 Å². The molecule has 160 valence electrons. The van der Waals surface area contributed by atoms with Crippen molar-refractivity contribution in [2.45, 2.75) is 26.4 Å². The second kappa shape index (κ2) is 10.4. The second-order valence-corrected chi connectivity index (χ2v) is 7.75. The first kappa shape index (κ1) is 21.3. The quantitative estimate of drug-likeness (QED) is 0.259. The Labute approximate surface area is 184 Å². The van der Waals surface area contributed by atoms with Gasteiger partial charge in [-0.25, -0.2) is 4.57 Å². The van der Waals surface area contributed by atoms with E-state index in [0.717, 1.165) is 19.5 Å². The molecule has 0 bridgehead atoms. The van der Waals surface area contributed by atoms with Gasteiger partial charge in [-0.1, -0.05) is 43.3 Å². The van der Waals surface area contributed by atoms with Crippen LogP contribution in [0.15, 0.2) is 67.0 Å². The lowest BCUT2D eigenvalue weighted by Crippen LogP contribution is -2.31. The Hall–Kier alpha value is -2.95. The smallest absolute Gasteiger partial charge is 0.169 e. The van der Waals surface area contributed by atoms with Gasteiger partial charge in [0.1, 0.15) is 6.54 Å². The van der Waals surface area contributed by atoms with Crippen LogP contribution in [0.5, 0.6) is 0 Å². The molecule has 2 aromatic heterocycles. The third-order valence-electron chi connectivity index (χ3n) is 5.55. The van der Waals surface area contributed by atoms with Gasteiger partial charge in [-0.2, -0.15) is 0 Å². The highest BCUT2D eigenvalue weighted by Gasteiger charge is 2.10. The van der Waals surface area contributed by atoms with Crippen molar-refractivity contribution < 1.29 is 14.0 Å². The monoisotopic (exact) mass is 415 g/mol. The van der Waals surface area contributed by atoms with Gasteiger partial charge < -0.3 is 14.0 Å². The van der Waals surface area contributed by atoms with Gasteiger partial charge in [0.15, 0.2) is 12.4 Å². The minimum atomic E-state index is 0.626. The molecule has 2 heterocycles. The van der Waals surface area contributed by atoms with Crippen molar-refractivity contribution >= 4 is 34.0 Å². The molecule has 0 atom stereocenters. The number of fused-ring (bicyclic) bond motifs is 3. The number of nitrogens with zero attached hydrogens (tertiary/aromatic N) is 2. The van der Waals surface area contributed by atoms with Crippen LogP contribution >= 0.6 is 0 Å². The molecule has 4 nitrogen and oxygen atoms in total. The van der Waals surface area contributed by atoms with Crippen LogP contribution in [0, 0.1) is 0 Å². The van der Waals surface area contributed by atoms with Crippen LogP contribution in [0.25, 0.3) is 34.0 Å². The van der Waals surface area contributed by atoms with E-state index in [0.29, 0.717) is 19.8 Å². The summed E-state index contributed by atoms with van der Waals surface area (Å²) in [4.78, 5) is 0. The zero-order valence-corrected chi connectivity index (χ0v) is 18.5. The van der Waals surface area contributed by atoms with Crippen molar-refractivity contribution in [3.8, 4) is 0 Å². The normalized spacial score (nSPS) is 11.8. The summed E-state index contributed by atoms with van der Waals surface area (Å²) in [6.07, 6.45) is 9.81. The summed E-state index contributed by atoms with van der Waals surface area (Å²) in [5.41, 5.74) is 4.91. The topological polar surface area (TPSA) is 27.3 Å². The highest BCUT2D eigenvalue weighted by Crippen LogP contribution is 2.30. The first-order valence-corrected chi connectivity index (χ1v) is 11.0. The largest absolute Gasteiger partial charge is 0.382 e. The Bertz CT molecular complexity index is 1160. The van der Waals surface area contributed by atoms with Gasteiger partial charge in [0.2, 0.25) is 0 Å². The average Bonchev–Trinajstić information content (AvgIpc) is 3.12. The van der Waals surface area contributed by atoms with Gasteiger partial charge in [-0.15, -0.1) is 0 Å². The maximum atomic E-state index is 5.72. The Kier molecular flexibility index (Phi) is 7.13.